The van der Waals surface area contributed by atoms with Crippen molar-refractivity contribution in [1.29, 1.82) is 0 Å². The van der Waals surface area contributed by atoms with E-state index >= 15 is 0 Å². The maximum absolute atomic E-state index is 12.4. The Balaban J connectivity index is 1.53. The van der Waals surface area contributed by atoms with Crippen molar-refractivity contribution in [3.63, 3.8) is 0 Å². The Hall–Kier alpha value is -2.86. The second-order valence-electron chi connectivity index (χ2n) is 6.89. The Morgan fingerprint density at radius 2 is 1.77 bits per heavy atom. The van der Waals surface area contributed by atoms with Crippen molar-refractivity contribution in [3.05, 3.63) is 59.7 Å². The number of fused-ring (bicyclic) bond motifs is 3. The van der Waals surface area contributed by atoms with Gasteiger partial charge in [-0.25, -0.2) is 9.59 Å². The minimum atomic E-state index is -0.971. The average molecular weight is 353 g/mol. The van der Waals surface area contributed by atoms with Gasteiger partial charge in [0.1, 0.15) is 11.6 Å². The molecule has 0 bridgehead atoms. The molecule has 0 unspecified atom stereocenters. The summed E-state index contributed by atoms with van der Waals surface area (Å²) in [5.41, 5.74) is 2.93. The number of cyclic esters (lactones) is 1. The Morgan fingerprint density at radius 1 is 1.19 bits per heavy atom. The van der Waals surface area contributed by atoms with Crippen molar-refractivity contribution in [2.45, 2.75) is 31.1 Å². The molecule has 2 aromatic carbocycles. The first-order chi connectivity index (χ1) is 12.5. The average Bonchev–Trinajstić information content (AvgIpc) is 3.11. The molecule has 4 rings (SSSR count). The van der Waals surface area contributed by atoms with Gasteiger partial charge in [0.25, 0.3) is 0 Å². The molecule has 6 heteroatoms. The van der Waals surface area contributed by atoms with E-state index in [1.54, 1.807) is 6.92 Å². The molecule has 1 amide bonds. The summed E-state index contributed by atoms with van der Waals surface area (Å²) in [4.78, 5) is 24.3. The topological polar surface area (TPSA) is 84.9 Å². The molecule has 1 aliphatic carbocycles. The number of aliphatic hydroxyl groups is 1. The molecule has 0 spiro atoms. The number of alkyl carbamates (subject to hydrolysis) is 1. The van der Waals surface area contributed by atoms with Crippen LogP contribution in [0.15, 0.2) is 48.5 Å². The number of carbonyl (C=O) groups excluding carboxylic acids is 2. The molecule has 1 heterocycles. The van der Waals surface area contributed by atoms with E-state index in [4.69, 9.17) is 9.47 Å². The van der Waals surface area contributed by atoms with Crippen molar-refractivity contribution < 1.29 is 24.2 Å². The SMILES string of the molecule is C[C@@]1(CO)C[C@H](NC(=O)OC2c3ccccc3-c3ccccc32)C(=O)O1. The van der Waals surface area contributed by atoms with Crippen LogP contribution >= 0.6 is 0 Å². The molecule has 0 aromatic heterocycles. The van der Waals surface area contributed by atoms with Crippen LogP contribution in [0.25, 0.3) is 11.1 Å². The monoisotopic (exact) mass is 353 g/mol. The lowest BCUT2D eigenvalue weighted by molar-refractivity contribution is -0.150. The maximum Gasteiger partial charge on any atom is 0.408 e. The van der Waals surface area contributed by atoms with Crippen molar-refractivity contribution in [2.75, 3.05) is 6.61 Å². The van der Waals surface area contributed by atoms with Crippen LogP contribution in [0.1, 0.15) is 30.6 Å². The lowest BCUT2D eigenvalue weighted by Crippen LogP contribution is -2.39. The Bertz CT molecular complexity index is 835. The van der Waals surface area contributed by atoms with Gasteiger partial charge in [-0.05, 0) is 18.1 Å². The Labute approximate surface area is 150 Å². The van der Waals surface area contributed by atoms with E-state index < -0.39 is 29.8 Å². The van der Waals surface area contributed by atoms with Gasteiger partial charge >= 0.3 is 12.1 Å². The summed E-state index contributed by atoms with van der Waals surface area (Å²) in [6, 6.07) is 14.7. The molecular weight excluding hydrogens is 334 g/mol. The normalized spacial score (nSPS) is 23.9. The van der Waals surface area contributed by atoms with Crippen LogP contribution in [0.5, 0.6) is 0 Å². The summed E-state index contributed by atoms with van der Waals surface area (Å²) in [7, 11) is 0. The van der Waals surface area contributed by atoms with Crippen LogP contribution in [-0.2, 0) is 14.3 Å². The predicted octanol–water partition coefficient (Wildman–Crippen LogP) is 2.55. The zero-order chi connectivity index (χ0) is 18.3. The van der Waals surface area contributed by atoms with Crippen LogP contribution in [-0.4, -0.2) is 35.4 Å². The van der Waals surface area contributed by atoms with Crippen molar-refractivity contribution in [1.82, 2.24) is 5.32 Å². The first-order valence-electron chi connectivity index (χ1n) is 8.50. The van der Waals surface area contributed by atoms with Gasteiger partial charge in [0.05, 0.1) is 6.61 Å². The number of aliphatic hydroxyl groups excluding tert-OH is 1. The highest BCUT2D eigenvalue weighted by Gasteiger charge is 2.44. The summed E-state index contributed by atoms with van der Waals surface area (Å²) in [6.45, 7) is 1.33. The summed E-state index contributed by atoms with van der Waals surface area (Å²) in [6.07, 6.45) is -1.01. The number of hydrogen-bond donors (Lipinski definition) is 2. The fraction of sp³-hybridized carbons (Fsp3) is 0.300. The molecule has 1 fully saturated rings. The summed E-state index contributed by atoms with van der Waals surface area (Å²) < 4.78 is 10.8. The van der Waals surface area contributed by atoms with E-state index in [1.165, 1.54) is 0 Å². The van der Waals surface area contributed by atoms with E-state index in [-0.39, 0.29) is 13.0 Å². The number of benzene rings is 2. The molecule has 2 aliphatic rings. The first-order valence-corrected chi connectivity index (χ1v) is 8.50. The zero-order valence-electron chi connectivity index (χ0n) is 14.3. The summed E-state index contributed by atoms with van der Waals surface area (Å²) in [5, 5.41) is 11.9. The molecule has 2 aromatic rings. The van der Waals surface area contributed by atoms with Crippen LogP contribution in [0.4, 0.5) is 4.79 Å². The molecule has 0 saturated carbocycles. The number of esters is 1. The maximum atomic E-state index is 12.4. The third-order valence-corrected chi connectivity index (χ3v) is 4.90. The van der Waals surface area contributed by atoms with Gasteiger partial charge in [-0.15, -0.1) is 0 Å². The highest BCUT2D eigenvalue weighted by atomic mass is 16.6. The Kier molecular flexibility index (Phi) is 3.92. The van der Waals surface area contributed by atoms with E-state index in [0.29, 0.717) is 0 Å². The molecule has 1 aliphatic heterocycles. The van der Waals surface area contributed by atoms with Gasteiger partial charge in [0.15, 0.2) is 6.10 Å². The largest absolute Gasteiger partial charge is 0.455 e. The third kappa shape index (κ3) is 2.72. The van der Waals surface area contributed by atoms with Gasteiger partial charge in [-0.3, -0.25) is 0 Å². The molecule has 1 saturated heterocycles. The highest BCUT2D eigenvalue weighted by Crippen LogP contribution is 2.45. The van der Waals surface area contributed by atoms with Crippen molar-refractivity contribution in [3.8, 4) is 11.1 Å². The predicted molar refractivity (Wildman–Crippen MR) is 93.3 cm³/mol. The number of rotatable bonds is 3. The molecule has 0 radical (unpaired) electrons. The molecule has 6 nitrogen and oxygen atoms in total. The minimum absolute atomic E-state index is 0.204. The quantitative estimate of drug-likeness (QED) is 0.829. The molecule has 2 N–H and O–H groups in total. The van der Waals surface area contributed by atoms with Crippen molar-refractivity contribution in [2.24, 2.45) is 0 Å². The standard InChI is InChI=1S/C20H19NO5/c1-20(11-22)10-16(18(23)26-20)21-19(24)25-17-14-8-4-2-6-12(14)13-7-3-5-9-15(13)17/h2-9,16-17,22H,10-11H2,1H3,(H,21,24)/t16-,20-/m0/s1. The highest BCUT2D eigenvalue weighted by molar-refractivity contribution is 5.84. The van der Waals surface area contributed by atoms with Gasteiger partial charge in [0.2, 0.25) is 0 Å². The lowest BCUT2D eigenvalue weighted by atomic mass is 10.0. The van der Waals surface area contributed by atoms with Crippen LogP contribution < -0.4 is 5.32 Å². The molecular formula is C20H19NO5. The van der Waals surface area contributed by atoms with Crippen LogP contribution in [0, 0.1) is 0 Å². The fourth-order valence-electron chi connectivity index (χ4n) is 3.60. The summed E-state index contributed by atoms with van der Waals surface area (Å²) in [5.74, 6) is -0.564. The van der Waals surface area contributed by atoms with Gasteiger partial charge in [-0.2, -0.15) is 0 Å². The first kappa shape index (κ1) is 16.6. The van der Waals surface area contributed by atoms with E-state index in [1.807, 2.05) is 48.5 Å². The summed E-state index contributed by atoms with van der Waals surface area (Å²) >= 11 is 0. The van der Waals surface area contributed by atoms with Gasteiger partial charge in [-0.1, -0.05) is 48.5 Å². The van der Waals surface area contributed by atoms with Crippen LogP contribution in [0.3, 0.4) is 0 Å². The smallest absolute Gasteiger partial charge is 0.408 e. The number of hydrogen-bond acceptors (Lipinski definition) is 5. The Morgan fingerprint density at radius 3 is 2.31 bits per heavy atom. The lowest BCUT2D eigenvalue weighted by Gasteiger charge is -2.19. The van der Waals surface area contributed by atoms with E-state index in [9.17, 15) is 14.7 Å². The van der Waals surface area contributed by atoms with Crippen LogP contribution in [0.2, 0.25) is 0 Å². The number of ether oxygens (including phenoxy) is 2. The third-order valence-electron chi connectivity index (χ3n) is 4.90. The number of carbonyl (C=O) groups is 2. The van der Waals surface area contributed by atoms with Crippen molar-refractivity contribution >= 4 is 12.1 Å². The van der Waals surface area contributed by atoms with E-state index in [2.05, 4.69) is 5.32 Å². The minimum Gasteiger partial charge on any atom is -0.455 e. The fourth-order valence-corrected chi connectivity index (χ4v) is 3.60. The molecule has 134 valence electrons. The zero-order valence-corrected chi connectivity index (χ0v) is 14.3. The molecule has 26 heavy (non-hydrogen) atoms. The van der Waals surface area contributed by atoms with Gasteiger partial charge < -0.3 is 19.9 Å². The number of nitrogens with one attached hydrogen (secondary N) is 1. The second kappa shape index (κ2) is 6.14. The number of amides is 1. The second-order valence-corrected chi connectivity index (χ2v) is 6.89. The van der Waals surface area contributed by atoms with Gasteiger partial charge in [0, 0.05) is 17.5 Å². The van der Waals surface area contributed by atoms with E-state index in [0.717, 1.165) is 22.3 Å². The molecule has 2 atom stereocenters.